The fourth-order valence-corrected chi connectivity index (χ4v) is 4.15. The number of aryl methyl sites for hydroxylation is 1. The van der Waals surface area contributed by atoms with E-state index in [-0.39, 0.29) is 36.6 Å². The summed E-state index contributed by atoms with van der Waals surface area (Å²) in [6, 6.07) is 6.57. The second-order valence-corrected chi connectivity index (χ2v) is 9.07. The lowest BCUT2D eigenvalue weighted by Gasteiger charge is -2.27. The van der Waals surface area contributed by atoms with E-state index in [4.69, 9.17) is 9.26 Å². The molecule has 0 unspecified atom stereocenters. The molecule has 3 amide bonds. The number of halogens is 1. The van der Waals surface area contributed by atoms with Crippen molar-refractivity contribution in [1.82, 2.24) is 21.1 Å². The second kappa shape index (κ2) is 13.9. The molecule has 0 radical (unpaired) electrons. The van der Waals surface area contributed by atoms with Crippen LogP contribution in [0, 0.1) is 30.0 Å². The molecule has 1 aliphatic rings. The molecule has 0 spiro atoms. The Bertz CT molecular complexity index is 1270. The minimum Gasteiger partial charge on any atom is -0.462 e. The van der Waals surface area contributed by atoms with Crippen molar-refractivity contribution in [3.8, 4) is 6.07 Å². The third kappa shape index (κ3) is 8.49. The smallest absolute Gasteiger partial charge is 0.348 e. The van der Waals surface area contributed by atoms with Crippen LogP contribution in [0.2, 0.25) is 0 Å². The van der Waals surface area contributed by atoms with Crippen molar-refractivity contribution in [2.75, 3.05) is 13.2 Å². The summed E-state index contributed by atoms with van der Waals surface area (Å²) in [4.78, 5) is 51.0. The Hall–Kier alpha value is -4.53. The predicted octanol–water partition coefficient (Wildman–Crippen LogP) is 1.88. The van der Waals surface area contributed by atoms with Crippen molar-refractivity contribution < 1.29 is 32.8 Å². The Morgan fingerprint density at radius 2 is 2.05 bits per heavy atom. The molecule has 1 aromatic carbocycles. The maximum absolute atomic E-state index is 13.5. The van der Waals surface area contributed by atoms with Gasteiger partial charge in [-0.25, -0.2) is 9.18 Å². The largest absolute Gasteiger partial charge is 0.462 e. The van der Waals surface area contributed by atoms with E-state index >= 15 is 0 Å². The van der Waals surface area contributed by atoms with Crippen molar-refractivity contribution in [2.45, 2.75) is 51.6 Å². The number of esters is 1. The van der Waals surface area contributed by atoms with Gasteiger partial charge in [0, 0.05) is 31.0 Å². The van der Waals surface area contributed by atoms with E-state index < -0.39 is 41.6 Å². The van der Waals surface area contributed by atoms with E-state index in [1.807, 2.05) is 0 Å². The first-order valence-electron chi connectivity index (χ1n) is 12.6. The molecule has 39 heavy (non-hydrogen) atoms. The number of hydrogen-bond donors (Lipinski definition) is 3. The molecule has 1 fully saturated rings. The molecule has 1 saturated heterocycles. The zero-order chi connectivity index (χ0) is 28.4. The van der Waals surface area contributed by atoms with Crippen LogP contribution in [-0.2, 0) is 25.5 Å². The average Bonchev–Trinajstić information content (AvgIpc) is 3.35. The molecule has 1 aliphatic heterocycles. The Morgan fingerprint density at radius 3 is 2.67 bits per heavy atom. The molecule has 1 aromatic heterocycles. The first kappa shape index (κ1) is 29.0. The summed E-state index contributed by atoms with van der Waals surface area (Å²) in [6.45, 7) is 3.80. The van der Waals surface area contributed by atoms with E-state index in [9.17, 15) is 28.8 Å². The number of nitriles is 1. The van der Waals surface area contributed by atoms with Gasteiger partial charge < -0.3 is 25.2 Å². The maximum atomic E-state index is 13.5. The molecule has 3 rings (SSSR count). The molecule has 12 heteroatoms. The van der Waals surface area contributed by atoms with Crippen molar-refractivity contribution in [1.29, 1.82) is 5.26 Å². The van der Waals surface area contributed by atoms with Crippen LogP contribution in [0.5, 0.6) is 0 Å². The number of hydrogen-bond acceptors (Lipinski definition) is 8. The van der Waals surface area contributed by atoms with E-state index in [0.29, 0.717) is 24.3 Å². The average molecular weight is 540 g/mol. The molecule has 3 N–H and O–H groups in total. The molecule has 0 aliphatic carbocycles. The highest BCUT2D eigenvalue weighted by Gasteiger charge is 2.30. The number of benzene rings is 1. The molecule has 0 bridgehead atoms. The molecule has 2 aromatic rings. The summed E-state index contributed by atoms with van der Waals surface area (Å²) < 4.78 is 23.3. The molecule has 0 saturated carbocycles. The maximum Gasteiger partial charge on any atom is 0.348 e. The fourth-order valence-electron chi connectivity index (χ4n) is 4.15. The number of rotatable bonds is 11. The number of carbonyl (C=O) groups is 4. The van der Waals surface area contributed by atoms with Crippen LogP contribution in [-0.4, -0.2) is 54.1 Å². The number of nitrogens with one attached hydrogen (secondary N) is 3. The molecular formula is C27H30FN5O6. The van der Waals surface area contributed by atoms with Crippen LogP contribution >= 0.6 is 0 Å². The van der Waals surface area contributed by atoms with E-state index in [1.165, 1.54) is 36.4 Å². The second-order valence-electron chi connectivity index (χ2n) is 9.07. The lowest BCUT2D eigenvalue weighted by atomic mass is 9.90. The molecular weight excluding hydrogens is 509 g/mol. The van der Waals surface area contributed by atoms with Crippen LogP contribution in [0.1, 0.15) is 48.0 Å². The summed E-state index contributed by atoms with van der Waals surface area (Å²) in [5.74, 6) is -2.89. The summed E-state index contributed by atoms with van der Waals surface area (Å²) in [7, 11) is 0. The van der Waals surface area contributed by atoms with Gasteiger partial charge in [-0.2, -0.15) is 5.26 Å². The fraction of sp³-hybridized carbons (Fsp3) is 0.407. The van der Waals surface area contributed by atoms with Gasteiger partial charge >= 0.3 is 5.97 Å². The Balaban J connectivity index is 1.87. The first-order chi connectivity index (χ1) is 18.7. The van der Waals surface area contributed by atoms with Crippen LogP contribution in [0.15, 0.2) is 46.5 Å². The van der Waals surface area contributed by atoms with E-state index in [1.54, 1.807) is 19.9 Å². The van der Waals surface area contributed by atoms with Crippen LogP contribution in [0.4, 0.5) is 4.39 Å². The normalized spacial score (nSPS) is 16.8. The number of ether oxygens (including phenoxy) is 1. The highest BCUT2D eigenvalue weighted by Crippen LogP contribution is 2.19. The molecule has 206 valence electrons. The van der Waals surface area contributed by atoms with E-state index in [2.05, 4.69) is 21.1 Å². The highest BCUT2D eigenvalue weighted by molar-refractivity contribution is 5.96. The number of piperidine rings is 1. The lowest BCUT2D eigenvalue weighted by Crippen LogP contribution is -2.51. The third-order valence-electron chi connectivity index (χ3n) is 6.08. The van der Waals surface area contributed by atoms with Crippen LogP contribution < -0.4 is 16.0 Å². The van der Waals surface area contributed by atoms with E-state index in [0.717, 1.165) is 6.42 Å². The molecule has 2 heterocycles. The number of aromatic nitrogens is 1. The molecule has 3 atom stereocenters. The Kier molecular flexibility index (Phi) is 10.3. The topological polar surface area (TPSA) is 163 Å². The zero-order valence-corrected chi connectivity index (χ0v) is 21.7. The summed E-state index contributed by atoms with van der Waals surface area (Å²) in [5, 5.41) is 21.3. The van der Waals surface area contributed by atoms with Crippen molar-refractivity contribution in [2.24, 2.45) is 5.92 Å². The number of amides is 3. The van der Waals surface area contributed by atoms with Gasteiger partial charge in [0.15, 0.2) is 5.69 Å². The quantitative estimate of drug-likeness (QED) is 0.221. The summed E-state index contributed by atoms with van der Waals surface area (Å²) >= 11 is 0. The van der Waals surface area contributed by atoms with Gasteiger partial charge in [0.1, 0.15) is 29.3 Å². The highest BCUT2D eigenvalue weighted by atomic mass is 19.1. The zero-order valence-electron chi connectivity index (χ0n) is 21.7. The summed E-state index contributed by atoms with van der Waals surface area (Å²) in [6.07, 6.45) is 2.67. The van der Waals surface area contributed by atoms with Gasteiger partial charge in [-0.1, -0.05) is 17.3 Å². The third-order valence-corrected chi connectivity index (χ3v) is 6.08. The Morgan fingerprint density at radius 1 is 1.31 bits per heavy atom. The van der Waals surface area contributed by atoms with Gasteiger partial charge in [0.2, 0.25) is 11.8 Å². The van der Waals surface area contributed by atoms with Gasteiger partial charge in [-0.15, -0.1) is 0 Å². The van der Waals surface area contributed by atoms with Gasteiger partial charge in [-0.3, -0.25) is 14.4 Å². The van der Waals surface area contributed by atoms with Gasteiger partial charge in [0.05, 0.1) is 6.61 Å². The monoisotopic (exact) mass is 539 g/mol. The van der Waals surface area contributed by atoms with Gasteiger partial charge in [-0.05, 0) is 56.9 Å². The number of nitrogens with zero attached hydrogens (tertiary/aromatic N) is 2. The number of carbonyl (C=O) groups excluding carboxylic acids is 4. The Labute approximate surface area is 224 Å². The van der Waals surface area contributed by atoms with Crippen molar-refractivity contribution >= 4 is 23.7 Å². The molecule has 11 nitrogen and oxygen atoms in total. The van der Waals surface area contributed by atoms with Crippen LogP contribution in [0.25, 0.3) is 0 Å². The van der Waals surface area contributed by atoms with Crippen molar-refractivity contribution in [3.63, 3.8) is 0 Å². The SMILES string of the molecule is CCOC(=O)/C(C#N)=C/[C@H](C[C@@H]1CCCNC1=O)NC(=O)[C@H](Cc1ccc(F)cc1)NC(=O)c1cc(C)on1. The van der Waals surface area contributed by atoms with Crippen LogP contribution in [0.3, 0.4) is 0 Å². The van der Waals surface area contributed by atoms with Gasteiger partial charge in [0.25, 0.3) is 5.91 Å². The predicted molar refractivity (Wildman–Crippen MR) is 135 cm³/mol. The standard InChI is InChI=1S/C27H30FN5O6/c1-3-38-27(37)19(15-29)14-21(13-18-5-4-10-30-24(18)34)31-25(35)22(12-17-6-8-20(28)9-7-17)32-26(36)23-11-16(2)39-33-23/h6-9,11,14,18,21-22H,3-5,10,12-13H2,1-2H3,(H,30,34)(H,31,35)(H,32,36)/b19-14+/t18-,21-,22-/m0/s1. The lowest BCUT2D eigenvalue weighted by molar-refractivity contribution is -0.138. The summed E-state index contributed by atoms with van der Waals surface area (Å²) in [5.41, 5.74) is 0.209. The first-order valence-corrected chi connectivity index (χ1v) is 12.6. The minimum absolute atomic E-state index is 0.00196. The minimum atomic E-state index is -1.15. The van der Waals surface area contributed by atoms with Crippen molar-refractivity contribution in [3.05, 3.63) is 64.8 Å².